The Morgan fingerprint density at radius 3 is 1.70 bits per heavy atom. The highest BCUT2D eigenvalue weighted by molar-refractivity contribution is 6.79. The van der Waals surface area contributed by atoms with Crippen molar-refractivity contribution < 1.29 is 10.2 Å². The van der Waals surface area contributed by atoms with Crippen molar-refractivity contribution in [2.75, 3.05) is 0 Å². The van der Waals surface area contributed by atoms with Crippen molar-refractivity contribution >= 4 is 8.07 Å². The third kappa shape index (κ3) is 1.81. The summed E-state index contributed by atoms with van der Waals surface area (Å²) in [6.07, 6.45) is -0.737. The zero-order valence-corrected chi connectivity index (χ0v) is 8.18. The van der Waals surface area contributed by atoms with Crippen LogP contribution >= 0.6 is 0 Å². The van der Waals surface area contributed by atoms with Gasteiger partial charge < -0.3 is 10.2 Å². The first-order chi connectivity index (χ1) is 4.19. The summed E-state index contributed by atoms with van der Waals surface area (Å²) in [5, 5.41) is 17.6. The molecule has 0 spiro atoms. The zero-order chi connectivity index (χ0) is 8.58. The molecule has 0 bridgehead atoms. The summed E-state index contributed by atoms with van der Waals surface area (Å²) in [6, 6.07) is 0. The lowest BCUT2D eigenvalue weighted by molar-refractivity contribution is 0.0207. The summed E-state index contributed by atoms with van der Waals surface area (Å²) < 4.78 is 0. The first-order valence-corrected chi connectivity index (χ1v) is 6.95. The Balaban J connectivity index is 4.40. The minimum Gasteiger partial charge on any atom is -0.391 e. The molecule has 61 valence electrons. The van der Waals surface area contributed by atoms with Crippen molar-refractivity contribution in [3.05, 3.63) is 6.92 Å². The summed E-state index contributed by atoms with van der Waals surface area (Å²) in [5.41, 5.74) is 0. The lowest BCUT2D eigenvalue weighted by Gasteiger charge is -2.37. The number of rotatable bonds is 2. The molecule has 0 aromatic carbocycles. The van der Waals surface area contributed by atoms with Crippen LogP contribution in [0.1, 0.15) is 6.92 Å². The fourth-order valence-electron chi connectivity index (χ4n) is 0.627. The molecule has 0 saturated carbocycles. The van der Waals surface area contributed by atoms with Crippen molar-refractivity contribution in [3.63, 3.8) is 0 Å². The van der Waals surface area contributed by atoms with Crippen molar-refractivity contribution in [1.82, 2.24) is 0 Å². The fraction of sp³-hybridized carbons (Fsp3) is 0.857. The number of aliphatic hydroxyl groups is 2. The van der Waals surface area contributed by atoms with Crippen LogP contribution in [-0.2, 0) is 0 Å². The molecule has 0 heterocycles. The van der Waals surface area contributed by atoms with Crippen molar-refractivity contribution in [2.24, 2.45) is 0 Å². The molecule has 10 heavy (non-hydrogen) atoms. The molecule has 2 nitrogen and oxygen atoms in total. The van der Waals surface area contributed by atoms with E-state index in [2.05, 4.69) is 6.92 Å². The van der Waals surface area contributed by atoms with Gasteiger partial charge in [-0.15, -0.1) is 0 Å². The average Bonchev–Trinajstić information content (AvgIpc) is 1.62. The molecule has 2 unspecified atom stereocenters. The lowest BCUT2D eigenvalue weighted by atomic mass is 10.2. The normalized spacial score (nSPS) is 21.9. The third-order valence-corrected chi connectivity index (χ3v) is 5.01. The standard InChI is InChI=1S/C7H17O2Si/c1-6(8)7(2,9)10(3,4)5/h6,8-9H,2H2,1,3-5H3. The minimum absolute atomic E-state index is 0.737. The Labute approximate surface area is 63.9 Å². The molecule has 2 N–H and O–H groups in total. The predicted octanol–water partition coefficient (Wildman–Crippen LogP) is 0.810. The second-order valence-electron chi connectivity index (χ2n) is 3.85. The van der Waals surface area contributed by atoms with Gasteiger partial charge in [0.05, 0.1) is 19.4 Å². The number of aliphatic hydroxyl groups excluding tert-OH is 1. The van der Waals surface area contributed by atoms with Crippen LogP contribution in [-0.4, -0.2) is 29.6 Å². The van der Waals surface area contributed by atoms with Crippen LogP contribution in [0.2, 0.25) is 19.6 Å². The van der Waals surface area contributed by atoms with E-state index >= 15 is 0 Å². The molecule has 0 aromatic heterocycles. The maximum atomic E-state index is 9.63. The van der Waals surface area contributed by atoms with Gasteiger partial charge in [-0.05, 0) is 13.8 Å². The maximum Gasteiger partial charge on any atom is 0.0854 e. The van der Waals surface area contributed by atoms with Gasteiger partial charge in [-0.25, -0.2) is 0 Å². The highest BCUT2D eigenvalue weighted by Crippen LogP contribution is 2.22. The quantitative estimate of drug-likeness (QED) is 0.588. The summed E-state index contributed by atoms with van der Waals surface area (Å²) >= 11 is 0. The summed E-state index contributed by atoms with van der Waals surface area (Å²) in [7, 11) is -1.75. The van der Waals surface area contributed by atoms with Gasteiger partial charge in [-0.1, -0.05) is 19.6 Å². The first-order valence-electron chi connectivity index (χ1n) is 3.45. The van der Waals surface area contributed by atoms with Gasteiger partial charge in [0.2, 0.25) is 0 Å². The van der Waals surface area contributed by atoms with Crippen LogP contribution < -0.4 is 0 Å². The Morgan fingerprint density at radius 1 is 1.40 bits per heavy atom. The molecule has 0 rings (SSSR count). The van der Waals surface area contributed by atoms with Crippen LogP contribution in [0.3, 0.4) is 0 Å². The SMILES string of the molecule is [CH2]C(O)(C(C)O)[Si](C)(C)C. The molecule has 0 aliphatic rings. The number of hydrogen-bond acceptors (Lipinski definition) is 2. The molecule has 3 heteroatoms. The topological polar surface area (TPSA) is 40.5 Å². The molecular formula is C7H17O2Si. The molecule has 1 radical (unpaired) electrons. The fourth-order valence-corrected chi connectivity index (χ4v) is 1.88. The van der Waals surface area contributed by atoms with Crippen molar-refractivity contribution in [2.45, 2.75) is 37.9 Å². The summed E-state index contributed by atoms with van der Waals surface area (Å²) in [4.78, 5) is 0. The predicted molar refractivity (Wildman–Crippen MR) is 45.3 cm³/mol. The van der Waals surface area contributed by atoms with Crippen molar-refractivity contribution in [1.29, 1.82) is 0 Å². The second-order valence-corrected chi connectivity index (χ2v) is 9.22. The first kappa shape index (κ1) is 10.1. The smallest absolute Gasteiger partial charge is 0.0854 e. The van der Waals surface area contributed by atoms with Crippen LogP contribution in [0.5, 0.6) is 0 Å². The summed E-state index contributed by atoms with van der Waals surface area (Å²) in [6.45, 7) is 11.1. The van der Waals surface area contributed by atoms with E-state index in [0.717, 1.165) is 0 Å². The van der Waals surface area contributed by atoms with Gasteiger partial charge in [-0.3, -0.25) is 0 Å². The van der Waals surface area contributed by atoms with Crippen LogP contribution in [0.4, 0.5) is 0 Å². The van der Waals surface area contributed by atoms with Crippen LogP contribution in [0.15, 0.2) is 0 Å². The molecule has 2 atom stereocenters. The lowest BCUT2D eigenvalue weighted by Crippen LogP contribution is -2.57. The van der Waals surface area contributed by atoms with Crippen LogP contribution in [0.25, 0.3) is 0 Å². The van der Waals surface area contributed by atoms with Crippen molar-refractivity contribution in [3.8, 4) is 0 Å². The molecule has 0 aliphatic heterocycles. The van der Waals surface area contributed by atoms with E-state index < -0.39 is 19.4 Å². The van der Waals surface area contributed by atoms with E-state index in [4.69, 9.17) is 5.11 Å². The minimum atomic E-state index is -1.75. The maximum absolute atomic E-state index is 9.63. The Bertz CT molecular complexity index is 113. The highest BCUT2D eigenvalue weighted by atomic mass is 28.3. The molecular weight excluding hydrogens is 144 g/mol. The average molecular weight is 161 g/mol. The molecule has 0 fully saturated rings. The van der Waals surface area contributed by atoms with E-state index in [-0.39, 0.29) is 0 Å². The van der Waals surface area contributed by atoms with E-state index in [1.165, 1.54) is 0 Å². The van der Waals surface area contributed by atoms with Gasteiger partial charge in [0.15, 0.2) is 0 Å². The molecule has 0 saturated heterocycles. The van der Waals surface area contributed by atoms with Gasteiger partial charge >= 0.3 is 0 Å². The van der Waals surface area contributed by atoms with Gasteiger partial charge in [-0.2, -0.15) is 0 Å². The second kappa shape index (κ2) is 2.64. The van der Waals surface area contributed by atoms with E-state index in [0.29, 0.717) is 0 Å². The highest BCUT2D eigenvalue weighted by Gasteiger charge is 2.41. The van der Waals surface area contributed by atoms with E-state index in [1.54, 1.807) is 6.92 Å². The Hall–Kier alpha value is 0.137. The molecule has 0 aromatic rings. The monoisotopic (exact) mass is 161 g/mol. The number of hydrogen-bond donors (Lipinski definition) is 2. The van der Waals surface area contributed by atoms with Gasteiger partial charge in [0.25, 0.3) is 0 Å². The molecule has 0 amide bonds. The Kier molecular flexibility index (Phi) is 2.68. The summed E-state index contributed by atoms with van der Waals surface area (Å²) in [5.74, 6) is 0. The van der Waals surface area contributed by atoms with E-state index in [9.17, 15) is 5.11 Å². The van der Waals surface area contributed by atoms with Crippen LogP contribution in [0, 0.1) is 6.92 Å². The third-order valence-electron chi connectivity index (χ3n) is 1.99. The zero-order valence-electron chi connectivity index (χ0n) is 7.18. The van der Waals surface area contributed by atoms with Gasteiger partial charge in [0.1, 0.15) is 0 Å². The van der Waals surface area contributed by atoms with Gasteiger partial charge in [0, 0.05) is 0 Å². The van der Waals surface area contributed by atoms with E-state index in [1.807, 2.05) is 19.6 Å². The largest absolute Gasteiger partial charge is 0.391 e. The molecule has 0 aliphatic carbocycles. The Morgan fingerprint density at radius 2 is 1.70 bits per heavy atom.